The number of ketones is 1. The molecular weight excluding hydrogens is 442 g/mol. The maximum absolute atomic E-state index is 14.7. The Morgan fingerprint density at radius 3 is 2.72 bits per heavy atom. The molecule has 0 spiro atoms. The average Bonchev–Trinajstić information content (AvgIpc) is 3.17. The number of amides is 3. The van der Waals surface area contributed by atoms with Crippen LogP contribution in [-0.2, 0) is 33.2 Å². The van der Waals surface area contributed by atoms with Crippen LogP contribution in [0, 0.1) is 0 Å². The van der Waals surface area contributed by atoms with E-state index in [4.69, 9.17) is 18.5 Å². The average molecular weight is 466 g/mol. The van der Waals surface area contributed by atoms with Gasteiger partial charge in [0.1, 0.15) is 6.02 Å². The molecule has 2 heterocycles. The van der Waals surface area contributed by atoms with E-state index in [1.54, 1.807) is 0 Å². The van der Waals surface area contributed by atoms with E-state index >= 15 is 0 Å². The monoisotopic (exact) mass is 465 g/mol. The molecule has 0 radical (unpaired) electrons. The Bertz CT molecular complexity index is 1330. The highest BCUT2D eigenvalue weighted by Crippen LogP contribution is 2.32. The molecule has 2 aliphatic rings. The number of halogens is 3. The minimum Gasteiger partial charge on any atom is -0.322 e. The molecule has 0 bridgehead atoms. The number of nitrogens with one attached hydrogen (secondary N) is 1. The number of carbonyl (C=O) groups excluding carboxylic acids is 4. The lowest BCUT2D eigenvalue weighted by atomic mass is 9.97. The molecule has 4 rings (SSSR count). The van der Waals surface area contributed by atoms with Crippen LogP contribution in [0.4, 0.5) is 8.78 Å². The third-order valence-corrected chi connectivity index (χ3v) is 5.38. The number of imide groups is 1. The molecule has 1 saturated heterocycles. The Labute approximate surface area is 194 Å². The molecule has 166 valence electrons. The molecule has 0 aromatic heterocycles. The highest BCUT2D eigenvalue weighted by atomic mass is 35.5. The highest BCUT2D eigenvalue weighted by Gasteiger charge is 2.41. The van der Waals surface area contributed by atoms with Crippen molar-refractivity contribution < 1.29 is 34.9 Å². The van der Waals surface area contributed by atoms with Crippen molar-refractivity contribution in [2.75, 3.05) is 0 Å². The number of nitrogens with zero attached hydrogens (tertiary/aromatic N) is 1. The summed E-state index contributed by atoms with van der Waals surface area (Å²) in [6.07, 6.45) is -6.05. The van der Waals surface area contributed by atoms with E-state index in [-0.39, 0.29) is 27.0 Å². The molecule has 1 fully saturated rings. The van der Waals surface area contributed by atoms with Crippen molar-refractivity contribution in [1.82, 2.24) is 10.2 Å². The quantitative estimate of drug-likeness (QED) is 0.663. The molecule has 2 aliphatic heterocycles. The number of carbonyl (C=O) groups is 4. The first-order chi connectivity index (χ1) is 17.1. The minimum absolute atomic E-state index is 0.0163. The maximum atomic E-state index is 14.7. The second-order valence-electron chi connectivity index (χ2n) is 7.23. The third-order valence-electron chi connectivity index (χ3n) is 5.13. The lowest BCUT2D eigenvalue weighted by molar-refractivity contribution is -0.144. The van der Waals surface area contributed by atoms with E-state index in [1.807, 2.05) is 0 Å². The van der Waals surface area contributed by atoms with Crippen molar-refractivity contribution in [3.05, 3.63) is 69.7 Å². The molecule has 3 amide bonds. The van der Waals surface area contributed by atoms with Gasteiger partial charge in [0.25, 0.3) is 5.91 Å². The number of fused-ring (bicyclic) bond motifs is 1. The molecule has 32 heavy (non-hydrogen) atoms. The van der Waals surface area contributed by atoms with E-state index in [0.29, 0.717) is 0 Å². The molecule has 0 saturated carbocycles. The standard InChI is InChI=1S/C23H19ClF2N2O4/c24-16-5-3-15(4-6-16)23(25,26)19(29)9-2-13-1-7-17-14(11-13)12-28(22(17)32)18-8-10-20(30)27-21(18)31/h1,3-7,11,18H,2,8-10,12H2,(H,27,30,31)/t18-/m0/s1/i2D2,8D,18D/hD/t8?,18-. The van der Waals surface area contributed by atoms with Gasteiger partial charge in [-0.15, -0.1) is 0 Å². The molecule has 2 aromatic rings. The van der Waals surface area contributed by atoms with Gasteiger partial charge in [-0.1, -0.05) is 35.9 Å². The van der Waals surface area contributed by atoms with Gasteiger partial charge in [-0.3, -0.25) is 24.5 Å². The van der Waals surface area contributed by atoms with E-state index in [0.717, 1.165) is 23.1 Å². The van der Waals surface area contributed by atoms with E-state index in [1.165, 1.54) is 24.3 Å². The smallest absolute Gasteiger partial charge is 0.322 e. The SMILES string of the molecule is [2H]C1CC(=O)N([2H])C(=O)[C@@]1([2H])N1Cc2cc(C([2H])([2H])CC(=O)C(F)(F)c3ccc(Cl)cc3)ccc2C1=O. The van der Waals surface area contributed by atoms with Crippen LogP contribution in [-0.4, -0.2) is 34.4 Å². The summed E-state index contributed by atoms with van der Waals surface area (Å²) < 4.78 is 70.2. The summed E-state index contributed by atoms with van der Waals surface area (Å²) in [7, 11) is 0. The number of benzene rings is 2. The largest absolute Gasteiger partial charge is 0.330 e. The maximum Gasteiger partial charge on any atom is 0.330 e. The van der Waals surface area contributed by atoms with Gasteiger partial charge >= 0.3 is 5.92 Å². The fraction of sp³-hybridized carbons (Fsp3) is 0.304. The van der Waals surface area contributed by atoms with Crippen LogP contribution in [0.5, 0.6) is 0 Å². The van der Waals surface area contributed by atoms with Crippen LogP contribution < -0.4 is 5.31 Å². The molecular formula is C23H19ClF2N2O4. The Morgan fingerprint density at radius 1 is 1.28 bits per heavy atom. The zero-order valence-corrected chi connectivity index (χ0v) is 17.2. The van der Waals surface area contributed by atoms with E-state index < -0.39 is 73.2 Å². The topological polar surface area (TPSA) is 83.6 Å². The first-order valence-corrected chi connectivity index (χ1v) is 9.89. The molecule has 2 aromatic carbocycles. The van der Waals surface area contributed by atoms with Gasteiger partial charge in [0.2, 0.25) is 17.6 Å². The summed E-state index contributed by atoms with van der Waals surface area (Å²) >= 11 is 5.70. The molecule has 1 unspecified atom stereocenters. The Hall–Kier alpha value is -3.13. The van der Waals surface area contributed by atoms with Crippen LogP contribution in [0.15, 0.2) is 42.5 Å². The molecule has 0 aliphatic carbocycles. The molecule has 6 nitrogen and oxygen atoms in total. The fourth-order valence-electron chi connectivity index (χ4n) is 3.45. The van der Waals surface area contributed by atoms with Crippen molar-refractivity contribution in [1.29, 1.82) is 0 Å². The van der Waals surface area contributed by atoms with Gasteiger partial charge < -0.3 is 4.90 Å². The number of hydrogen-bond donors (Lipinski definition) is 1. The van der Waals surface area contributed by atoms with Gasteiger partial charge in [0.15, 0.2) is 1.41 Å². The molecule has 1 N–H and O–H groups in total. The van der Waals surface area contributed by atoms with Crippen molar-refractivity contribution in [3.63, 3.8) is 0 Å². The number of hydrogen-bond acceptors (Lipinski definition) is 4. The van der Waals surface area contributed by atoms with Crippen molar-refractivity contribution in [2.24, 2.45) is 0 Å². The normalized spacial score (nSPS) is 26.2. The zero-order chi connectivity index (χ0) is 27.5. The van der Waals surface area contributed by atoms with Crippen LogP contribution in [0.25, 0.3) is 0 Å². The number of Topliss-reactive ketones (excluding diaryl/α,β-unsaturated/α-hetero) is 1. The van der Waals surface area contributed by atoms with Gasteiger partial charge in [-0.2, -0.15) is 8.78 Å². The van der Waals surface area contributed by atoms with Gasteiger partial charge in [-0.25, -0.2) is 0 Å². The van der Waals surface area contributed by atoms with Gasteiger partial charge in [0.05, 0.1) is 1.37 Å². The summed E-state index contributed by atoms with van der Waals surface area (Å²) in [5.41, 5.74) is -0.701. The predicted molar refractivity (Wildman–Crippen MR) is 111 cm³/mol. The highest BCUT2D eigenvalue weighted by molar-refractivity contribution is 6.30. The number of alkyl halides is 2. The predicted octanol–water partition coefficient (Wildman–Crippen LogP) is 3.39. The first-order valence-electron chi connectivity index (χ1n) is 12.0. The third kappa shape index (κ3) is 4.14. The first kappa shape index (κ1) is 16.5. The van der Waals surface area contributed by atoms with Crippen LogP contribution >= 0.6 is 11.6 Å². The van der Waals surface area contributed by atoms with Crippen molar-refractivity contribution >= 4 is 35.1 Å². The summed E-state index contributed by atoms with van der Waals surface area (Å²) in [5.74, 6) is -8.84. The Morgan fingerprint density at radius 2 is 2.00 bits per heavy atom. The second kappa shape index (κ2) is 8.43. The number of piperidine rings is 1. The second-order valence-corrected chi connectivity index (χ2v) is 7.66. The van der Waals surface area contributed by atoms with Crippen LogP contribution in [0.2, 0.25) is 6.43 Å². The van der Waals surface area contributed by atoms with Crippen LogP contribution in [0.1, 0.15) is 51.8 Å². The Balaban J connectivity index is 1.59. The van der Waals surface area contributed by atoms with Gasteiger partial charge in [0, 0.05) is 39.6 Å². The Kier molecular flexibility index (Phi) is 4.34. The van der Waals surface area contributed by atoms with E-state index in [2.05, 4.69) is 0 Å². The summed E-state index contributed by atoms with van der Waals surface area (Å²) in [6.45, 7) is -0.417. The van der Waals surface area contributed by atoms with Gasteiger partial charge in [-0.05, 0) is 42.1 Å². The lowest BCUT2D eigenvalue weighted by Crippen LogP contribution is -2.52. The van der Waals surface area contributed by atoms with Crippen molar-refractivity contribution in [3.8, 4) is 0 Å². The molecule has 9 heteroatoms. The van der Waals surface area contributed by atoms with E-state index in [9.17, 15) is 28.0 Å². The van der Waals surface area contributed by atoms with Crippen molar-refractivity contribution in [2.45, 2.75) is 44.1 Å². The number of rotatable bonds is 6. The summed E-state index contributed by atoms with van der Waals surface area (Å²) in [5, 5.41) is 0.136. The summed E-state index contributed by atoms with van der Waals surface area (Å²) in [6, 6.07) is 5.26. The minimum atomic E-state index is -3.98. The number of aryl methyl sites for hydroxylation is 1. The fourth-order valence-corrected chi connectivity index (χ4v) is 3.58. The molecule has 2 atom stereocenters. The van der Waals surface area contributed by atoms with Crippen LogP contribution in [0.3, 0.4) is 0 Å². The lowest BCUT2D eigenvalue weighted by Gasteiger charge is -2.29. The zero-order valence-electron chi connectivity index (χ0n) is 21.4. The summed E-state index contributed by atoms with van der Waals surface area (Å²) in [4.78, 5) is 50.4.